The van der Waals surface area contributed by atoms with Gasteiger partial charge in [0.15, 0.2) is 0 Å². The van der Waals surface area contributed by atoms with E-state index in [1.807, 2.05) is 24.3 Å². The van der Waals surface area contributed by atoms with Crippen molar-refractivity contribution in [3.63, 3.8) is 0 Å². The van der Waals surface area contributed by atoms with Crippen molar-refractivity contribution in [3.8, 4) is 0 Å². The number of rotatable bonds is 6. The zero-order chi connectivity index (χ0) is 17.4. The van der Waals surface area contributed by atoms with Crippen LogP contribution in [0.1, 0.15) is 19.3 Å². The van der Waals surface area contributed by atoms with Crippen LogP contribution in [-0.4, -0.2) is 42.9 Å². The van der Waals surface area contributed by atoms with Gasteiger partial charge in [-0.3, -0.25) is 9.59 Å². The van der Waals surface area contributed by atoms with Crippen LogP contribution in [0.25, 0.3) is 0 Å². The molecule has 1 heterocycles. The van der Waals surface area contributed by atoms with Gasteiger partial charge >= 0.3 is 11.8 Å². The maximum atomic E-state index is 12.2. The van der Waals surface area contributed by atoms with Crippen molar-refractivity contribution in [1.82, 2.24) is 4.90 Å². The van der Waals surface area contributed by atoms with E-state index in [9.17, 15) is 9.59 Å². The van der Waals surface area contributed by atoms with Gasteiger partial charge < -0.3 is 15.1 Å². The van der Waals surface area contributed by atoms with Crippen LogP contribution >= 0.6 is 0 Å². The van der Waals surface area contributed by atoms with Crippen LogP contribution in [0.4, 0.5) is 11.4 Å². The Morgan fingerprint density at radius 2 is 1.62 bits per heavy atom. The smallest absolute Gasteiger partial charge is 0.313 e. The summed E-state index contributed by atoms with van der Waals surface area (Å²) in [6, 6.07) is 7.63. The van der Waals surface area contributed by atoms with Crippen LogP contribution in [0.2, 0.25) is 0 Å². The van der Waals surface area contributed by atoms with Crippen LogP contribution < -0.4 is 10.2 Å². The van der Waals surface area contributed by atoms with E-state index in [0.29, 0.717) is 18.8 Å². The lowest BCUT2D eigenvalue weighted by Crippen LogP contribution is -2.39. The van der Waals surface area contributed by atoms with Gasteiger partial charge in [0.25, 0.3) is 0 Å². The minimum atomic E-state index is -0.649. The normalized spacial score (nSPS) is 13.9. The highest BCUT2D eigenvalue weighted by molar-refractivity contribution is 6.39. The number of anilines is 2. The number of piperidine rings is 1. The Morgan fingerprint density at radius 1 is 1.04 bits per heavy atom. The molecule has 0 unspecified atom stereocenters. The number of amides is 2. The van der Waals surface area contributed by atoms with Gasteiger partial charge in [-0.1, -0.05) is 12.2 Å². The molecule has 1 fully saturated rings. The molecule has 5 heteroatoms. The standard InChI is InChI=1S/C19H25N3O2/c1-3-12-22(13-4-2)19(24)18(23)20-16-8-10-17(11-9-16)21-14-6-5-7-15-21/h3-4,8-11H,1-2,5-7,12-15H2,(H,20,23). The topological polar surface area (TPSA) is 52.7 Å². The minimum absolute atomic E-state index is 0.312. The number of hydrogen-bond acceptors (Lipinski definition) is 3. The minimum Gasteiger partial charge on any atom is -0.372 e. The Labute approximate surface area is 143 Å². The molecular formula is C19H25N3O2. The summed E-state index contributed by atoms with van der Waals surface area (Å²) in [6.45, 7) is 9.96. The third kappa shape index (κ3) is 4.72. The van der Waals surface area contributed by atoms with Crippen molar-refractivity contribution < 1.29 is 9.59 Å². The first kappa shape index (κ1) is 17.8. The first-order valence-electron chi connectivity index (χ1n) is 8.32. The molecule has 0 aliphatic carbocycles. The number of carbonyl (C=O) groups is 2. The summed E-state index contributed by atoms with van der Waals surface area (Å²) in [4.78, 5) is 28.0. The molecule has 1 aromatic carbocycles. The Morgan fingerprint density at radius 3 is 2.17 bits per heavy atom. The molecule has 0 saturated carbocycles. The predicted molar refractivity (Wildman–Crippen MR) is 98.1 cm³/mol. The molecule has 0 radical (unpaired) electrons. The highest BCUT2D eigenvalue weighted by atomic mass is 16.2. The third-order valence-corrected chi connectivity index (χ3v) is 4.03. The van der Waals surface area contributed by atoms with E-state index < -0.39 is 11.8 Å². The summed E-state index contributed by atoms with van der Waals surface area (Å²) < 4.78 is 0. The third-order valence-electron chi connectivity index (χ3n) is 4.03. The van der Waals surface area contributed by atoms with Crippen LogP contribution in [0.5, 0.6) is 0 Å². The molecule has 1 aliphatic heterocycles. The number of nitrogens with one attached hydrogen (secondary N) is 1. The Hall–Kier alpha value is -2.56. The average molecular weight is 327 g/mol. The van der Waals surface area contributed by atoms with Crippen LogP contribution in [0.15, 0.2) is 49.6 Å². The van der Waals surface area contributed by atoms with E-state index in [-0.39, 0.29) is 0 Å². The van der Waals surface area contributed by atoms with Gasteiger partial charge in [-0.25, -0.2) is 0 Å². The quantitative estimate of drug-likeness (QED) is 0.646. The SMILES string of the molecule is C=CCN(CC=C)C(=O)C(=O)Nc1ccc(N2CCCCC2)cc1. The molecule has 128 valence electrons. The number of carbonyl (C=O) groups excluding carboxylic acids is 2. The molecule has 1 saturated heterocycles. The van der Waals surface area contributed by atoms with Crippen molar-refractivity contribution >= 4 is 23.2 Å². The maximum absolute atomic E-state index is 12.2. The van der Waals surface area contributed by atoms with Gasteiger partial charge in [-0.05, 0) is 43.5 Å². The molecule has 0 spiro atoms. The van der Waals surface area contributed by atoms with Crippen LogP contribution in [0, 0.1) is 0 Å². The summed E-state index contributed by atoms with van der Waals surface area (Å²) in [7, 11) is 0. The van der Waals surface area contributed by atoms with E-state index in [4.69, 9.17) is 0 Å². The van der Waals surface area contributed by atoms with E-state index >= 15 is 0 Å². The summed E-state index contributed by atoms with van der Waals surface area (Å²) in [5.41, 5.74) is 1.77. The molecule has 1 aliphatic rings. The van der Waals surface area contributed by atoms with Gasteiger partial charge in [-0.2, -0.15) is 0 Å². The fourth-order valence-corrected chi connectivity index (χ4v) is 2.79. The maximum Gasteiger partial charge on any atom is 0.313 e. The predicted octanol–water partition coefficient (Wildman–Crippen LogP) is 2.82. The molecule has 2 rings (SSSR count). The second kappa shape index (κ2) is 8.91. The monoisotopic (exact) mass is 327 g/mol. The average Bonchev–Trinajstić information content (AvgIpc) is 2.62. The van der Waals surface area contributed by atoms with Gasteiger partial charge in [0.2, 0.25) is 0 Å². The summed E-state index contributed by atoms with van der Waals surface area (Å²) in [6.07, 6.45) is 6.90. The zero-order valence-corrected chi connectivity index (χ0v) is 14.0. The molecule has 0 atom stereocenters. The summed E-state index contributed by atoms with van der Waals surface area (Å²) >= 11 is 0. The van der Waals surface area contributed by atoms with Gasteiger partial charge in [0, 0.05) is 37.6 Å². The van der Waals surface area contributed by atoms with Crippen molar-refractivity contribution in [2.45, 2.75) is 19.3 Å². The second-order valence-electron chi connectivity index (χ2n) is 5.84. The molecule has 1 N–H and O–H groups in total. The Kier molecular flexibility index (Phi) is 6.61. The second-order valence-corrected chi connectivity index (χ2v) is 5.84. The van der Waals surface area contributed by atoms with E-state index in [1.54, 1.807) is 12.2 Å². The van der Waals surface area contributed by atoms with Gasteiger partial charge in [-0.15, -0.1) is 13.2 Å². The van der Waals surface area contributed by atoms with Crippen molar-refractivity contribution in [2.75, 3.05) is 36.4 Å². The lowest BCUT2D eigenvalue weighted by molar-refractivity contribution is -0.142. The largest absolute Gasteiger partial charge is 0.372 e. The lowest BCUT2D eigenvalue weighted by atomic mass is 10.1. The van der Waals surface area contributed by atoms with E-state index in [0.717, 1.165) is 18.8 Å². The summed E-state index contributed by atoms with van der Waals surface area (Å²) in [5, 5.41) is 2.65. The molecule has 2 amide bonds. The fraction of sp³-hybridized carbons (Fsp3) is 0.368. The number of benzene rings is 1. The van der Waals surface area contributed by atoms with Gasteiger partial charge in [0.1, 0.15) is 0 Å². The molecule has 0 aromatic heterocycles. The van der Waals surface area contributed by atoms with Crippen molar-refractivity contribution in [3.05, 3.63) is 49.6 Å². The fourth-order valence-electron chi connectivity index (χ4n) is 2.79. The molecule has 24 heavy (non-hydrogen) atoms. The van der Waals surface area contributed by atoms with Crippen LogP contribution in [0.3, 0.4) is 0 Å². The van der Waals surface area contributed by atoms with E-state index in [1.165, 1.54) is 24.2 Å². The van der Waals surface area contributed by atoms with Crippen LogP contribution in [-0.2, 0) is 9.59 Å². The zero-order valence-electron chi connectivity index (χ0n) is 14.0. The summed E-state index contributed by atoms with van der Waals surface area (Å²) in [5.74, 6) is -1.24. The molecule has 0 bridgehead atoms. The van der Waals surface area contributed by atoms with Gasteiger partial charge in [0.05, 0.1) is 0 Å². The highest BCUT2D eigenvalue weighted by Crippen LogP contribution is 2.21. The highest BCUT2D eigenvalue weighted by Gasteiger charge is 2.20. The first-order valence-corrected chi connectivity index (χ1v) is 8.32. The van der Waals surface area contributed by atoms with E-state index in [2.05, 4.69) is 23.4 Å². The number of hydrogen-bond donors (Lipinski definition) is 1. The van der Waals surface area contributed by atoms with Crippen molar-refractivity contribution in [2.24, 2.45) is 0 Å². The Bertz CT molecular complexity index is 579. The molecular weight excluding hydrogens is 302 g/mol. The Balaban J connectivity index is 1.96. The first-order chi connectivity index (χ1) is 11.7. The number of nitrogens with zero attached hydrogens (tertiary/aromatic N) is 2. The molecule has 1 aromatic rings. The van der Waals surface area contributed by atoms with Crippen molar-refractivity contribution in [1.29, 1.82) is 0 Å². The lowest BCUT2D eigenvalue weighted by Gasteiger charge is -2.28. The molecule has 5 nitrogen and oxygen atoms in total.